The van der Waals surface area contributed by atoms with Crippen molar-refractivity contribution in [3.05, 3.63) is 33.8 Å². The van der Waals surface area contributed by atoms with Crippen LogP contribution in [0.5, 0.6) is 0 Å². The molecule has 1 fully saturated rings. The number of carboxylic acids is 1. The lowest BCUT2D eigenvalue weighted by Crippen LogP contribution is -2.40. The number of benzene rings is 1. The standard InChI is InChI=1S/C13H14BrNO4/c1-7-3-2-4-9(11(7)14)12(17)15-6-8(16)5-10(15)13(18)19/h2-4,8,10,16H,5-6H2,1H3,(H,18,19). The molecule has 1 amide bonds. The topological polar surface area (TPSA) is 77.8 Å². The van der Waals surface area contributed by atoms with Crippen LogP contribution in [0.4, 0.5) is 0 Å². The second kappa shape index (κ2) is 5.30. The fourth-order valence-corrected chi connectivity index (χ4v) is 2.67. The van der Waals surface area contributed by atoms with Gasteiger partial charge in [0.2, 0.25) is 0 Å². The highest BCUT2D eigenvalue weighted by Gasteiger charge is 2.39. The number of halogens is 1. The van der Waals surface area contributed by atoms with Gasteiger partial charge in [-0.2, -0.15) is 0 Å². The van der Waals surface area contributed by atoms with E-state index in [0.717, 1.165) is 5.56 Å². The molecule has 2 atom stereocenters. The molecule has 5 nitrogen and oxygen atoms in total. The van der Waals surface area contributed by atoms with Crippen molar-refractivity contribution in [3.63, 3.8) is 0 Å². The van der Waals surface area contributed by atoms with Crippen LogP contribution in [0, 0.1) is 6.92 Å². The molecular formula is C13H14BrNO4. The van der Waals surface area contributed by atoms with Crippen LogP contribution in [-0.4, -0.2) is 45.7 Å². The molecule has 1 aromatic rings. The van der Waals surface area contributed by atoms with E-state index in [1.54, 1.807) is 12.1 Å². The summed E-state index contributed by atoms with van der Waals surface area (Å²) in [4.78, 5) is 24.7. The van der Waals surface area contributed by atoms with Gasteiger partial charge in [0.25, 0.3) is 5.91 Å². The first-order valence-corrected chi connectivity index (χ1v) is 6.68. The summed E-state index contributed by atoms with van der Waals surface area (Å²) in [5.41, 5.74) is 1.32. The maximum atomic E-state index is 12.4. The van der Waals surface area contributed by atoms with Crippen molar-refractivity contribution >= 4 is 27.8 Å². The molecule has 0 bridgehead atoms. The van der Waals surface area contributed by atoms with Gasteiger partial charge < -0.3 is 15.1 Å². The number of aliphatic hydroxyl groups excluding tert-OH is 1. The van der Waals surface area contributed by atoms with Crippen LogP contribution in [0.15, 0.2) is 22.7 Å². The molecule has 0 aliphatic carbocycles. The van der Waals surface area contributed by atoms with Crippen LogP contribution in [0.3, 0.4) is 0 Å². The van der Waals surface area contributed by atoms with Crippen LogP contribution < -0.4 is 0 Å². The van der Waals surface area contributed by atoms with E-state index < -0.39 is 18.1 Å². The number of likely N-dealkylation sites (tertiary alicyclic amines) is 1. The number of β-amino-alcohol motifs (C(OH)–C–C–N with tert-alkyl or cyclic N) is 1. The third-order valence-electron chi connectivity index (χ3n) is 3.25. The number of amides is 1. The lowest BCUT2D eigenvalue weighted by Gasteiger charge is -2.22. The molecule has 1 aliphatic rings. The normalized spacial score (nSPS) is 22.6. The molecule has 2 unspecified atom stereocenters. The van der Waals surface area contributed by atoms with Crippen molar-refractivity contribution in [1.82, 2.24) is 4.90 Å². The Hall–Kier alpha value is -1.40. The largest absolute Gasteiger partial charge is 0.480 e. The van der Waals surface area contributed by atoms with E-state index in [0.29, 0.717) is 10.0 Å². The molecule has 0 aromatic heterocycles. The average molecular weight is 328 g/mol. The van der Waals surface area contributed by atoms with Gasteiger partial charge in [0, 0.05) is 17.4 Å². The summed E-state index contributed by atoms with van der Waals surface area (Å²) in [5, 5.41) is 18.7. The SMILES string of the molecule is Cc1cccc(C(=O)N2CC(O)CC2C(=O)O)c1Br. The Morgan fingerprint density at radius 2 is 2.11 bits per heavy atom. The predicted molar refractivity (Wildman–Crippen MR) is 72.0 cm³/mol. The minimum atomic E-state index is -1.09. The Labute approximate surface area is 119 Å². The van der Waals surface area contributed by atoms with Crippen LogP contribution in [0.1, 0.15) is 22.3 Å². The summed E-state index contributed by atoms with van der Waals surface area (Å²) in [6.45, 7) is 1.91. The number of aryl methyl sites for hydroxylation is 1. The van der Waals surface area contributed by atoms with E-state index in [1.807, 2.05) is 13.0 Å². The monoisotopic (exact) mass is 327 g/mol. The molecule has 1 heterocycles. The maximum Gasteiger partial charge on any atom is 0.326 e. The first-order chi connectivity index (χ1) is 8.91. The minimum absolute atomic E-state index is 0.0518. The Morgan fingerprint density at radius 3 is 2.74 bits per heavy atom. The second-order valence-corrected chi connectivity index (χ2v) is 5.43. The highest BCUT2D eigenvalue weighted by atomic mass is 79.9. The zero-order chi connectivity index (χ0) is 14.2. The fraction of sp³-hybridized carbons (Fsp3) is 0.385. The van der Waals surface area contributed by atoms with E-state index in [9.17, 15) is 14.7 Å². The number of aliphatic hydroxyl groups is 1. The first kappa shape index (κ1) is 14.0. The fourth-order valence-electron chi connectivity index (χ4n) is 2.24. The first-order valence-electron chi connectivity index (χ1n) is 5.88. The number of nitrogens with zero attached hydrogens (tertiary/aromatic N) is 1. The number of hydrogen-bond acceptors (Lipinski definition) is 3. The highest BCUT2D eigenvalue weighted by molar-refractivity contribution is 9.10. The third kappa shape index (κ3) is 2.64. The molecular weight excluding hydrogens is 314 g/mol. The van der Waals surface area contributed by atoms with Crippen LogP contribution in [0.2, 0.25) is 0 Å². The summed E-state index contributed by atoms with van der Waals surface area (Å²) < 4.78 is 0.658. The van der Waals surface area contributed by atoms with Gasteiger partial charge in [-0.15, -0.1) is 0 Å². The van der Waals surface area contributed by atoms with E-state index >= 15 is 0 Å². The minimum Gasteiger partial charge on any atom is -0.480 e. The molecule has 2 N–H and O–H groups in total. The highest BCUT2D eigenvalue weighted by Crippen LogP contribution is 2.26. The molecule has 0 spiro atoms. The number of aliphatic carboxylic acids is 1. The van der Waals surface area contributed by atoms with Gasteiger partial charge in [0.15, 0.2) is 0 Å². The van der Waals surface area contributed by atoms with Gasteiger partial charge in [-0.05, 0) is 34.5 Å². The second-order valence-electron chi connectivity index (χ2n) is 4.64. The quantitative estimate of drug-likeness (QED) is 0.861. The Balaban J connectivity index is 2.33. The maximum absolute atomic E-state index is 12.4. The van der Waals surface area contributed by atoms with Gasteiger partial charge in [0.1, 0.15) is 6.04 Å². The van der Waals surface area contributed by atoms with Crippen LogP contribution in [-0.2, 0) is 4.79 Å². The van der Waals surface area contributed by atoms with Gasteiger partial charge in [-0.1, -0.05) is 12.1 Å². The Kier molecular flexibility index (Phi) is 3.91. The Morgan fingerprint density at radius 1 is 1.42 bits per heavy atom. The van der Waals surface area contributed by atoms with Crippen molar-refractivity contribution < 1.29 is 19.8 Å². The van der Waals surface area contributed by atoms with Crippen molar-refractivity contribution in [2.75, 3.05) is 6.54 Å². The van der Waals surface area contributed by atoms with Gasteiger partial charge in [-0.25, -0.2) is 4.79 Å². The molecule has 6 heteroatoms. The molecule has 2 rings (SSSR count). The molecule has 102 valence electrons. The molecule has 19 heavy (non-hydrogen) atoms. The predicted octanol–water partition coefficient (Wildman–Crippen LogP) is 1.42. The molecule has 1 aromatic carbocycles. The van der Waals surface area contributed by atoms with Crippen LogP contribution >= 0.6 is 15.9 Å². The summed E-state index contributed by atoms with van der Waals surface area (Å²) in [7, 11) is 0. The Bertz CT molecular complexity index is 531. The average Bonchev–Trinajstić information content (AvgIpc) is 2.74. The number of rotatable bonds is 2. The van der Waals surface area contributed by atoms with Crippen molar-refractivity contribution in [2.24, 2.45) is 0 Å². The van der Waals surface area contributed by atoms with Crippen molar-refractivity contribution in [2.45, 2.75) is 25.5 Å². The lowest BCUT2D eigenvalue weighted by molar-refractivity contribution is -0.141. The number of carboxylic acid groups (broad SMARTS) is 1. The lowest BCUT2D eigenvalue weighted by atomic mass is 10.1. The summed E-state index contributed by atoms with van der Waals surface area (Å²) in [6, 6.07) is 4.28. The zero-order valence-electron chi connectivity index (χ0n) is 10.3. The van der Waals surface area contributed by atoms with E-state index in [1.165, 1.54) is 4.90 Å². The number of carbonyl (C=O) groups is 2. The molecule has 1 aliphatic heterocycles. The summed E-state index contributed by atoms with van der Waals surface area (Å²) >= 11 is 3.34. The molecule has 1 saturated heterocycles. The zero-order valence-corrected chi connectivity index (χ0v) is 11.9. The van der Waals surface area contributed by atoms with E-state index in [-0.39, 0.29) is 18.9 Å². The third-order valence-corrected chi connectivity index (χ3v) is 4.30. The smallest absolute Gasteiger partial charge is 0.326 e. The van der Waals surface area contributed by atoms with Gasteiger partial charge in [-0.3, -0.25) is 4.79 Å². The summed E-state index contributed by atoms with van der Waals surface area (Å²) in [6.07, 6.45) is -0.710. The van der Waals surface area contributed by atoms with Gasteiger partial charge >= 0.3 is 5.97 Å². The van der Waals surface area contributed by atoms with E-state index in [4.69, 9.17) is 5.11 Å². The van der Waals surface area contributed by atoms with Gasteiger partial charge in [0.05, 0.1) is 11.7 Å². The molecule has 0 saturated carbocycles. The number of hydrogen-bond donors (Lipinski definition) is 2. The molecule has 0 radical (unpaired) electrons. The van der Waals surface area contributed by atoms with E-state index in [2.05, 4.69) is 15.9 Å². The van der Waals surface area contributed by atoms with Crippen molar-refractivity contribution in [3.8, 4) is 0 Å². The van der Waals surface area contributed by atoms with Crippen LogP contribution in [0.25, 0.3) is 0 Å². The number of carbonyl (C=O) groups excluding carboxylic acids is 1. The summed E-state index contributed by atoms with van der Waals surface area (Å²) in [5.74, 6) is -1.46. The van der Waals surface area contributed by atoms with Crippen molar-refractivity contribution in [1.29, 1.82) is 0 Å².